The molecule has 1 fully saturated rings. The van der Waals surface area contributed by atoms with Crippen LogP contribution in [0.15, 0.2) is 36.5 Å². The zero-order valence-corrected chi connectivity index (χ0v) is 11.7. The molecule has 2 aromatic rings. The molecule has 3 rings (SSSR count). The van der Waals surface area contributed by atoms with Crippen molar-refractivity contribution in [2.45, 2.75) is 12.6 Å². The summed E-state index contributed by atoms with van der Waals surface area (Å²) in [6.07, 6.45) is 1.80. The van der Waals surface area contributed by atoms with Crippen LogP contribution in [0.25, 0.3) is 0 Å². The molecular formula is C15H20N4O. The SMILES string of the molecule is COc1ccccc1C1CNCCN1Cc1ccn[nH]1. The van der Waals surface area contributed by atoms with E-state index in [0.717, 1.165) is 37.6 Å². The van der Waals surface area contributed by atoms with E-state index >= 15 is 0 Å². The van der Waals surface area contributed by atoms with Gasteiger partial charge in [-0.05, 0) is 12.1 Å². The van der Waals surface area contributed by atoms with E-state index in [1.807, 2.05) is 18.2 Å². The van der Waals surface area contributed by atoms with Gasteiger partial charge in [-0.3, -0.25) is 10.00 Å². The highest BCUT2D eigenvalue weighted by atomic mass is 16.5. The Morgan fingerprint density at radius 1 is 1.35 bits per heavy atom. The Kier molecular flexibility index (Phi) is 3.99. The molecule has 5 nitrogen and oxygen atoms in total. The van der Waals surface area contributed by atoms with Crippen molar-refractivity contribution in [3.63, 3.8) is 0 Å². The lowest BCUT2D eigenvalue weighted by atomic mass is 10.0. The summed E-state index contributed by atoms with van der Waals surface area (Å²) >= 11 is 0. The van der Waals surface area contributed by atoms with Gasteiger partial charge in [-0.2, -0.15) is 5.10 Å². The van der Waals surface area contributed by atoms with Crippen molar-refractivity contribution in [2.75, 3.05) is 26.7 Å². The van der Waals surface area contributed by atoms with Crippen molar-refractivity contribution in [2.24, 2.45) is 0 Å². The third kappa shape index (κ3) is 2.69. The second kappa shape index (κ2) is 6.07. The number of aromatic amines is 1. The minimum absolute atomic E-state index is 0.322. The molecule has 20 heavy (non-hydrogen) atoms. The van der Waals surface area contributed by atoms with E-state index < -0.39 is 0 Å². The van der Waals surface area contributed by atoms with Crippen molar-refractivity contribution in [3.05, 3.63) is 47.8 Å². The molecule has 1 aliphatic rings. The number of nitrogens with zero attached hydrogens (tertiary/aromatic N) is 2. The van der Waals surface area contributed by atoms with E-state index in [2.05, 4.69) is 32.5 Å². The van der Waals surface area contributed by atoms with E-state index in [-0.39, 0.29) is 0 Å². The van der Waals surface area contributed by atoms with Gasteiger partial charge in [-0.15, -0.1) is 0 Å². The Balaban J connectivity index is 1.84. The molecule has 0 bridgehead atoms. The highest BCUT2D eigenvalue weighted by molar-refractivity contribution is 5.36. The number of aromatic nitrogens is 2. The van der Waals surface area contributed by atoms with Crippen molar-refractivity contribution >= 4 is 0 Å². The summed E-state index contributed by atoms with van der Waals surface area (Å²) in [5.41, 5.74) is 2.38. The van der Waals surface area contributed by atoms with Gasteiger partial charge in [-0.1, -0.05) is 18.2 Å². The molecule has 0 saturated carbocycles. The first-order chi connectivity index (χ1) is 9.88. The fraction of sp³-hybridized carbons (Fsp3) is 0.400. The zero-order valence-electron chi connectivity index (χ0n) is 11.7. The van der Waals surface area contributed by atoms with Crippen LogP contribution >= 0.6 is 0 Å². The van der Waals surface area contributed by atoms with Crippen LogP contribution in [-0.4, -0.2) is 41.8 Å². The first kappa shape index (κ1) is 13.1. The molecule has 5 heteroatoms. The number of methoxy groups -OCH3 is 1. The number of para-hydroxylation sites is 1. The van der Waals surface area contributed by atoms with Crippen LogP contribution in [0.3, 0.4) is 0 Å². The minimum Gasteiger partial charge on any atom is -0.496 e. The highest BCUT2D eigenvalue weighted by Gasteiger charge is 2.26. The summed E-state index contributed by atoms with van der Waals surface area (Å²) in [5.74, 6) is 0.954. The van der Waals surface area contributed by atoms with E-state index in [1.165, 1.54) is 5.56 Å². The topological polar surface area (TPSA) is 53.2 Å². The van der Waals surface area contributed by atoms with Gasteiger partial charge in [0, 0.05) is 43.6 Å². The summed E-state index contributed by atoms with van der Waals surface area (Å²) in [5, 5.41) is 10.5. The Labute approximate surface area is 118 Å². The number of rotatable bonds is 4. The quantitative estimate of drug-likeness (QED) is 0.887. The predicted octanol–water partition coefficient (Wildman–Crippen LogP) is 1.56. The maximum absolute atomic E-state index is 5.51. The number of nitrogens with one attached hydrogen (secondary N) is 2. The van der Waals surface area contributed by atoms with Gasteiger partial charge in [0.05, 0.1) is 13.2 Å². The molecule has 2 N–H and O–H groups in total. The average Bonchev–Trinajstić information content (AvgIpc) is 3.01. The van der Waals surface area contributed by atoms with Crippen LogP contribution in [0.5, 0.6) is 5.75 Å². The normalized spacial score (nSPS) is 19.9. The Morgan fingerprint density at radius 2 is 2.25 bits per heavy atom. The number of H-pyrrole nitrogens is 1. The Bertz CT molecular complexity index is 541. The molecule has 0 radical (unpaired) electrons. The lowest BCUT2D eigenvalue weighted by molar-refractivity contribution is 0.149. The van der Waals surface area contributed by atoms with Crippen molar-refractivity contribution < 1.29 is 4.74 Å². The van der Waals surface area contributed by atoms with Crippen molar-refractivity contribution in [3.8, 4) is 5.75 Å². The van der Waals surface area contributed by atoms with Crippen LogP contribution in [0.1, 0.15) is 17.3 Å². The second-order valence-electron chi connectivity index (χ2n) is 5.01. The summed E-state index contributed by atoms with van der Waals surface area (Å²) in [6, 6.07) is 10.6. The van der Waals surface area contributed by atoms with Crippen LogP contribution < -0.4 is 10.1 Å². The molecule has 1 aromatic heterocycles. The van der Waals surface area contributed by atoms with Gasteiger partial charge in [0.25, 0.3) is 0 Å². The van der Waals surface area contributed by atoms with E-state index in [9.17, 15) is 0 Å². The molecule has 1 aliphatic heterocycles. The van der Waals surface area contributed by atoms with Gasteiger partial charge in [0.2, 0.25) is 0 Å². The molecule has 1 aromatic carbocycles. The number of ether oxygens (including phenoxy) is 1. The lowest BCUT2D eigenvalue weighted by Gasteiger charge is -2.36. The monoisotopic (exact) mass is 272 g/mol. The third-order valence-corrected chi connectivity index (χ3v) is 3.78. The maximum Gasteiger partial charge on any atom is 0.123 e. The summed E-state index contributed by atoms with van der Waals surface area (Å²) in [4.78, 5) is 2.46. The largest absolute Gasteiger partial charge is 0.496 e. The molecule has 106 valence electrons. The molecule has 1 atom stereocenters. The molecule has 2 heterocycles. The average molecular weight is 272 g/mol. The fourth-order valence-corrected chi connectivity index (χ4v) is 2.78. The highest BCUT2D eigenvalue weighted by Crippen LogP contribution is 2.30. The Hall–Kier alpha value is -1.85. The molecular weight excluding hydrogens is 252 g/mol. The predicted molar refractivity (Wildman–Crippen MR) is 77.6 cm³/mol. The summed E-state index contributed by atoms with van der Waals surface area (Å²) in [7, 11) is 1.73. The molecule has 1 unspecified atom stereocenters. The summed E-state index contributed by atoms with van der Waals surface area (Å²) < 4.78 is 5.51. The number of piperazine rings is 1. The molecule has 1 saturated heterocycles. The Morgan fingerprint density at radius 3 is 3.05 bits per heavy atom. The molecule has 0 aliphatic carbocycles. The van der Waals surface area contributed by atoms with Gasteiger partial charge >= 0.3 is 0 Å². The van der Waals surface area contributed by atoms with E-state index in [0.29, 0.717) is 6.04 Å². The molecule has 0 amide bonds. The van der Waals surface area contributed by atoms with E-state index in [1.54, 1.807) is 13.3 Å². The van der Waals surface area contributed by atoms with Gasteiger partial charge in [0.15, 0.2) is 0 Å². The van der Waals surface area contributed by atoms with Crippen molar-refractivity contribution in [1.82, 2.24) is 20.4 Å². The van der Waals surface area contributed by atoms with Crippen LogP contribution in [0.2, 0.25) is 0 Å². The molecule has 0 spiro atoms. The second-order valence-corrected chi connectivity index (χ2v) is 5.01. The van der Waals surface area contributed by atoms with Gasteiger partial charge in [0.1, 0.15) is 5.75 Å². The first-order valence-electron chi connectivity index (χ1n) is 6.94. The maximum atomic E-state index is 5.51. The third-order valence-electron chi connectivity index (χ3n) is 3.78. The number of hydrogen-bond donors (Lipinski definition) is 2. The first-order valence-corrected chi connectivity index (χ1v) is 6.94. The standard InChI is InChI=1S/C15H20N4O/c1-20-15-5-3-2-4-13(15)14-10-16-8-9-19(14)11-12-6-7-17-18-12/h2-7,14,16H,8-11H2,1H3,(H,17,18). The van der Waals surface area contributed by atoms with Crippen LogP contribution in [0, 0.1) is 0 Å². The fourth-order valence-electron chi connectivity index (χ4n) is 2.78. The lowest BCUT2D eigenvalue weighted by Crippen LogP contribution is -2.45. The summed E-state index contributed by atoms with van der Waals surface area (Å²) in [6.45, 7) is 3.85. The smallest absolute Gasteiger partial charge is 0.123 e. The van der Waals surface area contributed by atoms with Crippen LogP contribution in [0.4, 0.5) is 0 Å². The van der Waals surface area contributed by atoms with Gasteiger partial charge in [-0.25, -0.2) is 0 Å². The zero-order chi connectivity index (χ0) is 13.8. The van der Waals surface area contributed by atoms with Crippen LogP contribution in [-0.2, 0) is 6.54 Å². The number of hydrogen-bond acceptors (Lipinski definition) is 4. The van der Waals surface area contributed by atoms with E-state index in [4.69, 9.17) is 4.74 Å². The van der Waals surface area contributed by atoms with Crippen molar-refractivity contribution in [1.29, 1.82) is 0 Å². The van der Waals surface area contributed by atoms with Gasteiger partial charge < -0.3 is 10.1 Å². The minimum atomic E-state index is 0.322. The number of benzene rings is 1.